The Balaban J connectivity index is 1.28. The maximum atomic E-state index is 13.7. The molecule has 2 amide bonds. The normalized spacial score (nSPS) is 21.1. The molecule has 2 aromatic carbocycles. The molecule has 2 atom stereocenters. The van der Waals surface area contributed by atoms with Crippen LogP contribution < -0.4 is 20.3 Å². The van der Waals surface area contributed by atoms with E-state index in [-0.39, 0.29) is 24.0 Å². The molecule has 3 N–H and O–H groups in total. The van der Waals surface area contributed by atoms with Crippen LogP contribution in [0.1, 0.15) is 49.1 Å². The van der Waals surface area contributed by atoms with E-state index < -0.39 is 29.4 Å². The second-order valence-corrected chi connectivity index (χ2v) is 10.1. The Morgan fingerprint density at radius 2 is 1.95 bits per heavy atom. The van der Waals surface area contributed by atoms with Crippen molar-refractivity contribution in [3.8, 4) is 5.75 Å². The van der Waals surface area contributed by atoms with Crippen LogP contribution in [0.25, 0.3) is 11.0 Å². The molecule has 10 heteroatoms. The number of carbonyl (C=O) groups is 2. The summed E-state index contributed by atoms with van der Waals surface area (Å²) in [5.74, 6) is -0.762. The van der Waals surface area contributed by atoms with Crippen molar-refractivity contribution < 1.29 is 28.2 Å². The summed E-state index contributed by atoms with van der Waals surface area (Å²) in [7, 11) is 0. The third kappa shape index (κ3) is 5.37. The summed E-state index contributed by atoms with van der Waals surface area (Å²) in [6, 6.07) is 12.7. The van der Waals surface area contributed by atoms with E-state index in [1.807, 2.05) is 23.1 Å². The van der Waals surface area contributed by atoms with Crippen LogP contribution in [0.5, 0.6) is 5.75 Å². The summed E-state index contributed by atoms with van der Waals surface area (Å²) in [5.41, 5.74) is 1.20. The number of rotatable bonds is 7. The summed E-state index contributed by atoms with van der Waals surface area (Å²) in [5, 5.41) is 17.7. The molecule has 2 heterocycles. The predicted octanol–water partition coefficient (Wildman–Crippen LogP) is 4.10. The Kier molecular flexibility index (Phi) is 7.62. The van der Waals surface area contributed by atoms with E-state index >= 15 is 0 Å². The predicted molar refractivity (Wildman–Crippen MR) is 145 cm³/mol. The highest BCUT2D eigenvalue weighted by molar-refractivity contribution is 7.78. The van der Waals surface area contributed by atoms with Gasteiger partial charge in [0.05, 0.1) is 17.8 Å². The molecule has 8 nitrogen and oxygen atoms in total. The van der Waals surface area contributed by atoms with Gasteiger partial charge in [0.2, 0.25) is 5.91 Å². The van der Waals surface area contributed by atoms with Gasteiger partial charge in [-0.1, -0.05) is 37.5 Å². The van der Waals surface area contributed by atoms with Gasteiger partial charge in [0.15, 0.2) is 17.1 Å². The zero-order valence-electron chi connectivity index (χ0n) is 20.8. The quantitative estimate of drug-likeness (QED) is 0.389. The number of amides is 2. The van der Waals surface area contributed by atoms with Crippen LogP contribution >= 0.6 is 12.2 Å². The summed E-state index contributed by atoms with van der Waals surface area (Å²) >= 11 is 4.76. The molecule has 5 rings (SSSR count). The van der Waals surface area contributed by atoms with E-state index in [2.05, 4.69) is 10.6 Å². The second-order valence-electron chi connectivity index (χ2n) is 9.95. The molecular weight excluding hydrogens is 509 g/mol. The first kappa shape index (κ1) is 26.1. The highest BCUT2D eigenvalue weighted by atomic mass is 32.1. The van der Waals surface area contributed by atoms with Crippen LogP contribution in [0.3, 0.4) is 0 Å². The topological polar surface area (TPSA) is 104 Å². The molecule has 1 aromatic heterocycles. The van der Waals surface area contributed by atoms with Crippen molar-refractivity contribution >= 4 is 46.2 Å². The molecule has 2 aliphatic rings. The molecule has 0 spiro atoms. The Hall–Kier alpha value is -3.50. The average Bonchev–Trinajstić information content (AvgIpc) is 3.35. The molecule has 38 heavy (non-hydrogen) atoms. The minimum absolute atomic E-state index is 0.158. The van der Waals surface area contributed by atoms with Gasteiger partial charge in [-0.05, 0) is 55.7 Å². The number of furan rings is 1. The summed E-state index contributed by atoms with van der Waals surface area (Å²) in [6.45, 7) is 0.711. The minimum atomic E-state index is -1.08. The van der Waals surface area contributed by atoms with Gasteiger partial charge in [0.25, 0.3) is 5.91 Å². The van der Waals surface area contributed by atoms with Crippen LogP contribution in [0.2, 0.25) is 0 Å². The van der Waals surface area contributed by atoms with Crippen LogP contribution in [0, 0.1) is 5.82 Å². The van der Waals surface area contributed by atoms with Crippen molar-refractivity contribution in [1.82, 2.24) is 10.6 Å². The van der Waals surface area contributed by atoms with Gasteiger partial charge in [-0.25, -0.2) is 4.39 Å². The number of piperidine rings is 1. The molecule has 1 saturated carbocycles. The number of nitrogens with one attached hydrogen (secondary N) is 2. The van der Waals surface area contributed by atoms with Crippen molar-refractivity contribution in [1.29, 1.82) is 0 Å². The fourth-order valence-corrected chi connectivity index (χ4v) is 5.56. The zero-order valence-corrected chi connectivity index (χ0v) is 21.6. The number of nitrogens with zero attached hydrogens (tertiary/aromatic N) is 1. The fourth-order valence-electron chi connectivity index (χ4n) is 5.46. The molecule has 200 valence electrons. The van der Waals surface area contributed by atoms with Crippen molar-refractivity contribution in [3.05, 3.63) is 60.1 Å². The molecular formula is C28H30FN3O5S. The molecule has 3 aromatic rings. The number of hydrogen-bond donors (Lipinski definition) is 3. The molecule has 2 fully saturated rings. The van der Waals surface area contributed by atoms with Gasteiger partial charge >= 0.3 is 0 Å². The Morgan fingerprint density at radius 3 is 2.68 bits per heavy atom. The lowest BCUT2D eigenvalue weighted by atomic mass is 9.80. The number of aliphatic hydroxyl groups excluding tert-OH is 1. The number of para-hydroxylation sites is 1. The number of carbonyl (C=O) groups excluding carboxylic acids is 2. The molecule has 0 bridgehead atoms. The lowest BCUT2D eigenvalue weighted by Crippen LogP contribution is -2.64. The molecule has 0 radical (unpaired) electrons. The first-order chi connectivity index (χ1) is 18.4. The number of aliphatic hydroxyl groups is 1. The minimum Gasteiger partial charge on any atom is -0.451 e. The van der Waals surface area contributed by atoms with E-state index in [1.54, 1.807) is 18.2 Å². The number of thiocarbonyl (C=S) groups is 1. The first-order valence-electron chi connectivity index (χ1n) is 12.8. The number of anilines is 1. The van der Waals surface area contributed by atoms with Gasteiger partial charge in [-0.2, -0.15) is 0 Å². The zero-order chi connectivity index (χ0) is 26.7. The summed E-state index contributed by atoms with van der Waals surface area (Å²) in [6.07, 6.45) is 3.19. The lowest BCUT2D eigenvalue weighted by molar-refractivity contribution is -0.130. The van der Waals surface area contributed by atoms with E-state index in [4.69, 9.17) is 21.4 Å². The molecule has 1 aliphatic heterocycles. The Morgan fingerprint density at radius 1 is 1.16 bits per heavy atom. The number of β-amino-alcohol motifs (C(OH)–C–C–N with tert-alkyl or cyclic N) is 1. The second kappa shape index (κ2) is 11.1. The number of ether oxygens (including phenoxy) is 1. The van der Waals surface area contributed by atoms with Crippen LogP contribution in [-0.4, -0.2) is 53.2 Å². The van der Waals surface area contributed by atoms with Crippen LogP contribution in [-0.2, 0) is 4.79 Å². The monoisotopic (exact) mass is 539 g/mol. The van der Waals surface area contributed by atoms with Crippen molar-refractivity contribution in [2.24, 2.45) is 0 Å². The largest absolute Gasteiger partial charge is 0.451 e. The van der Waals surface area contributed by atoms with Crippen LogP contribution in [0.4, 0.5) is 10.1 Å². The summed E-state index contributed by atoms with van der Waals surface area (Å²) in [4.78, 5) is 28.7. The number of halogens is 1. The standard InChI is InChI=1S/C28H30FN3O5S/c29-19-8-9-21(24(15-19)36-17-38)32-13-10-20(22(33)16-32)30-27(35)28(11-4-1-5-12-28)31-26(34)25-14-18-6-2-3-7-23(18)37-25/h2-3,6-9,14-15,17,20,22,33H,1,4-5,10-13,16H2,(H,30,35)(H,31,34). The van der Waals surface area contributed by atoms with Gasteiger partial charge in [-0.3, -0.25) is 9.59 Å². The Labute approximate surface area is 225 Å². The third-order valence-corrected chi connectivity index (χ3v) is 7.58. The number of benzene rings is 2. The molecule has 1 saturated heterocycles. The number of hydrogen-bond acceptors (Lipinski definition) is 7. The van der Waals surface area contributed by atoms with Gasteiger partial charge < -0.3 is 29.8 Å². The molecule has 1 aliphatic carbocycles. The van der Waals surface area contributed by atoms with Crippen molar-refractivity contribution in [3.63, 3.8) is 0 Å². The van der Waals surface area contributed by atoms with Gasteiger partial charge in [0.1, 0.15) is 16.9 Å². The highest BCUT2D eigenvalue weighted by Crippen LogP contribution is 2.33. The van der Waals surface area contributed by atoms with Gasteiger partial charge in [-0.15, -0.1) is 0 Å². The van der Waals surface area contributed by atoms with E-state index in [0.29, 0.717) is 37.1 Å². The maximum Gasteiger partial charge on any atom is 0.287 e. The van der Waals surface area contributed by atoms with E-state index in [9.17, 15) is 19.1 Å². The van der Waals surface area contributed by atoms with Gasteiger partial charge in [0, 0.05) is 24.5 Å². The highest BCUT2D eigenvalue weighted by Gasteiger charge is 2.43. The summed E-state index contributed by atoms with van der Waals surface area (Å²) < 4.78 is 24.7. The fraction of sp³-hybridized carbons (Fsp3) is 0.393. The average molecular weight is 540 g/mol. The van der Waals surface area contributed by atoms with E-state index in [0.717, 1.165) is 30.2 Å². The van der Waals surface area contributed by atoms with Crippen molar-refractivity contribution in [2.45, 2.75) is 56.2 Å². The third-order valence-electron chi connectivity index (χ3n) is 7.48. The first-order valence-corrected chi connectivity index (χ1v) is 13.3. The number of fused-ring (bicyclic) bond motifs is 1. The molecule has 2 unspecified atom stereocenters. The van der Waals surface area contributed by atoms with E-state index in [1.165, 1.54) is 12.1 Å². The Bertz CT molecular complexity index is 1310. The lowest BCUT2D eigenvalue weighted by Gasteiger charge is -2.41. The maximum absolute atomic E-state index is 13.7. The van der Waals surface area contributed by atoms with Crippen LogP contribution in [0.15, 0.2) is 52.9 Å². The smallest absolute Gasteiger partial charge is 0.287 e. The van der Waals surface area contributed by atoms with Crippen molar-refractivity contribution in [2.75, 3.05) is 18.0 Å². The SMILES string of the molecule is O=C(NC1(C(=O)NC2CCN(c3ccc(F)cc3OC=S)CC2O)CCCCC1)c1cc2ccccc2o1.